The van der Waals surface area contributed by atoms with Crippen molar-refractivity contribution in [1.82, 2.24) is 10.6 Å². The number of carbonyl (C=O) groups is 1. The summed E-state index contributed by atoms with van der Waals surface area (Å²) in [6.07, 6.45) is 4.43. The van der Waals surface area contributed by atoms with Gasteiger partial charge in [0.25, 0.3) is 0 Å². The number of hydrogen-bond acceptors (Lipinski definition) is 3. The number of carbonyl (C=O) groups excluding carboxylic acids is 1. The standard InChI is InChI=1S/C13H22N2O2/c1-3-11(4-2)15-13(16)10-14-8-7-12-6-5-9-17-12/h5-6,9,11,14H,3-4,7-8,10H2,1-2H3,(H,15,16). The molecule has 1 rings (SSSR count). The minimum absolute atomic E-state index is 0.0677. The van der Waals surface area contributed by atoms with E-state index < -0.39 is 0 Å². The fourth-order valence-corrected chi connectivity index (χ4v) is 1.64. The van der Waals surface area contributed by atoms with E-state index in [-0.39, 0.29) is 5.91 Å². The van der Waals surface area contributed by atoms with E-state index in [1.165, 1.54) is 0 Å². The Morgan fingerprint density at radius 1 is 1.41 bits per heavy atom. The first kappa shape index (κ1) is 13.8. The molecular weight excluding hydrogens is 216 g/mol. The number of nitrogens with one attached hydrogen (secondary N) is 2. The van der Waals surface area contributed by atoms with E-state index in [4.69, 9.17) is 4.42 Å². The van der Waals surface area contributed by atoms with E-state index in [0.29, 0.717) is 12.6 Å². The first-order valence-electron chi connectivity index (χ1n) is 6.28. The van der Waals surface area contributed by atoms with E-state index in [2.05, 4.69) is 24.5 Å². The smallest absolute Gasteiger partial charge is 0.234 e. The maximum Gasteiger partial charge on any atom is 0.234 e. The van der Waals surface area contributed by atoms with Crippen LogP contribution in [0.5, 0.6) is 0 Å². The summed E-state index contributed by atoms with van der Waals surface area (Å²) in [5, 5.41) is 6.09. The van der Waals surface area contributed by atoms with Gasteiger partial charge in [-0.25, -0.2) is 0 Å². The van der Waals surface area contributed by atoms with E-state index in [1.54, 1.807) is 6.26 Å². The molecule has 96 valence electrons. The van der Waals surface area contributed by atoms with Crippen LogP contribution in [0.4, 0.5) is 0 Å². The van der Waals surface area contributed by atoms with Crippen LogP contribution in [-0.4, -0.2) is 25.0 Å². The third-order valence-electron chi connectivity index (χ3n) is 2.76. The van der Waals surface area contributed by atoms with Gasteiger partial charge in [-0.2, -0.15) is 0 Å². The van der Waals surface area contributed by atoms with Gasteiger partial charge in [0, 0.05) is 19.0 Å². The molecule has 0 bridgehead atoms. The summed E-state index contributed by atoms with van der Waals surface area (Å²) in [7, 11) is 0. The molecule has 0 aliphatic heterocycles. The Bertz CT molecular complexity index is 305. The van der Waals surface area contributed by atoms with Gasteiger partial charge in [-0.05, 0) is 25.0 Å². The van der Waals surface area contributed by atoms with Crippen molar-refractivity contribution in [3.8, 4) is 0 Å². The van der Waals surface area contributed by atoms with Gasteiger partial charge in [-0.1, -0.05) is 13.8 Å². The van der Waals surface area contributed by atoms with Crippen LogP contribution in [0.15, 0.2) is 22.8 Å². The molecule has 4 heteroatoms. The largest absolute Gasteiger partial charge is 0.469 e. The maximum absolute atomic E-state index is 11.5. The minimum Gasteiger partial charge on any atom is -0.469 e. The molecule has 0 unspecified atom stereocenters. The molecule has 1 heterocycles. The van der Waals surface area contributed by atoms with Crippen molar-refractivity contribution in [2.24, 2.45) is 0 Å². The normalized spacial score (nSPS) is 10.8. The second-order valence-corrected chi connectivity index (χ2v) is 4.09. The van der Waals surface area contributed by atoms with Gasteiger partial charge in [-0.15, -0.1) is 0 Å². The summed E-state index contributed by atoms with van der Waals surface area (Å²) in [4.78, 5) is 11.5. The molecule has 0 saturated carbocycles. The molecular formula is C13H22N2O2. The Morgan fingerprint density at radius 3 is 2.76 bits per heavy atom. The lowest BCUT2D eigenvalue weighted by Gasteiger charge is -2.14. The zero-order valence-corrected chi connectivity index (χ0v) is 10.7. The Hall–Kier alpha value is -1.29. The van der Waals surface area contributed by atoms with Crippen LogP contribution in [0.3, 0.4) is 0 Å². The molecule has 0 spiro atoms. The highest BCUT2D eigenvalue weighted by Crippen LogP contribution is 1.99. The highest BCUT2D eigenvalue weighted by Gasteiger charge is 2.07. The quantitative estimate of drug-likeness (QED) is 0.678. The fourth-order valence-electron chi connectivity index (χ4n) is 1.64. The molecule has 4 nitrogen and oxygen atoms in total. The zero-order valence-electron chi connectivity index (χ0n) is 10.7. The van der Waals surface area contributed by atoms with E-state index in [0.717, 1.165) is 31.6 Å². The summed E-state index contributed by atoms with van der Waals surface area (Å²) in [5.41, 5.74) is 0. The van der Waals surface area contributed by atoms with E-state index >= 15 is 0 Å². The number of furan rings is 1. The van der Waals surface area contributed by atoms with Crippen LogP contribution < -0.4 is 10.6 Å². The highest BCUT2D eigenvalue weighted by atomic mass is 16.3. The molecule has 0 fully saturated rings. The van der Waals surface area contributed by atoms with Crippen molar-refractivity contribution in [2.45, 2.75) is 39.2 Å². The van der Waals surface area contributed by atoms with Crippen LogP contribution in [-0.2, 0) is 11.2 Å². The SMILES string of the molecule is CCC(CC)NC(=O)CNCCc1ccco1. The van der Waals surface area contributed by atoms with E-state index in [9.17, 15) is 4.79 Å². The lowest BCUT2D eigenvalue weighted by atomic mass is 10.2. The molecule has 0 saturated heterocycles. The summed E-state index contributed by atoms with van der Waals surface area (Å²) in [6, 6.07) is 4.11. The zero-order chi connectivity index (χ0) is 12.5. The predicted molar refractivity (Wildman–Crippen MR) is 67.8 cm³/mol. The first-order chi connectivity index (χ1) is 8.26. The lowest BCUT2D eigenvalue weighted by Crippen LogP contribution is -2.40. The lowest BCUT2D eigenvalue weighted by molar-refractivity contribution is -0.121. The molecule has 1 aromatic heterocycles. The molecule has 1 aromatic rings. The summed E-state index contributed by atoms with van der Waals surface area (Å²) in [6.45, 7) is 5.29. The van der Waals surface area contributed by atoms with Gasteiger partial charge in [0.05, 0.1) is 12.8 Å². The van der Waals surface area contributed by atoms with Gasteiger partial charge < -0.3 is 15.1 Å². The van der Waals surface area contributed by atoms with Crippen LogP contribution >= 0.6 is 0 Å². The molecule has 0 radical (unpaired) electrons. The number of amides is 1. The second kappa shape index (κ2) is 7.90. The molecule has 2 N–H and O–H groups in total. The van der Waals surface area contributed by atoms with Gasteiger partial charge in [0.1, 0.15) is 5.76 Å². The fraction of sp³-hybridized carbons (Fsp3) is 0.615. The summed E-state index contributed by atoms with van der Waals surface area (Å²) >= 11 is 0. The van der Waals surface area contributed by atoms with E-state index in [1.807, 2.05) is 12.1 Å². The number of hydrogen-bond donors (Lipinski definition) is 2. The Morgan fingerprint density at radius 2 is 2.18 bits per heavy atom. The van der Waals surface area contributed by atoms with Crippen LogP contribution in [0.1, 0.15) is 32.4 Å². The summed E-state index contributed by atoms with van der Waals surface area (Å²) < 4.78 is 5.20. The average molecular weight is 238 g/mol. The molecule has 17 heavy (non-hydrogen) atoms. The van der Waals surface area contributed by atoms with Crippen molar-refractivity contribution in [1.29, 1.82) is 0 Å². The molecule has 0 atom stereocenters. The summed E-state index contributed by atoms with van der Waals surface area (Å²) in [5.74, 6) is 1.01. The van der Waals surface area contributed by atoms with Gasteiger partial charge in [0.15, 0.2) is 0 Å². The van der Waals surface area contributed by atoms with Gasteiger partial charge >= 0.3 is 0 Å². The van der Waals surface area contributed by atoms with Crippen molar-refractivity contribution in [3.05, 3.63) is 24.2 Å². The predicted octanol–water partition coefficient (Wildman–Crippen LogP) is 1.72. The van der Waals surface area contributed by atoms with Crippen LogP contribution in [0.2, 0.25) is 0 Å². The molecule has 0 aromatic carbocycles. The Labute approximate surface area is 103 Å². The third-order valence-corrected chi connectivity index (χ3v) is 2.76. The topological polar surface area (TPSA) is 54.3 Å². The maximum atomic E-state index is 11.5. The van der Waals surface area contributed by atoms with Crippen molar-refractivity contribution in [2.75, 3.05) is 13.1 Å². The third kappa shape index (κ3) is 5.54. The molecule has 0 aliphatic rings. The Balaban J connectivity index is 2.07. The minimum atomic E-state index is 0.0677. The molecule has 1 amide bonds. The van der Waals surface area contributed by atoms with Gasteiger partial charge in [-0.3, -0.25) is 4.79 Å². The average Bonchev–Trinajstić information content (AvgIpc) is 2.84. The van der Waals surface area contributed by atoms with Crippen molar-refractivity contribution in [3.63, 3.8) is 0 Å². The van der Waals surface area contributed by atoms with Crippen molar-refractivity contribution >= 4 is 5.91 Å². The van der Waals surface area contributed by atoms with Gasteiger partial charge in [0.2, 0.25) is 5.91 Å². The highest BCUT2D eigenvalue weighted by molar-refractivity contribution is 5.78. The molecule has 0 aliphatic carbocycles. The van der Waals surface area contributed by atoms with Crippen molar-refractivity contribution < 1.29 is 9.21 Å². The first-order valence-corrected chi connectivity index (χ1v) is 6.28. The number of rotatable bonds is 8. The Kier molecular flexibility index (Phi) is 6.40. The van der Waals surface area contributed by atoms with Crippen LogP contribution in [0.25, 0.3) is 0 Å². The van der Waals surface area contributed by atoms with Crippen LogP contribution in [0, 0.1) is 0 Å². The second-order valence-electron chi connectivity index (χ2n) is 4.09. The monoisotopic (exact) mass is 238 g/mol.